The molecule has 0 heterocycles. The first-order valence-electron chi connectivity index (χ1n) is 4.04. The van der Waals surface area contributed by atoms with Crippen molar-refractivity contribution in [2.24, 2.45) is 0 Å². The van der Waals surface area contributed by atoms with E-state index in [1.165, 1.54) is 12.1 Å². The minimum atomic E-state index is -0.288. The van der Waals surface area contributed by atoms with Gasteiger partial charge >= 0.3 is 0 Å². The van der Waals surface area contributed by atoms with Crippen LogP contribution in [0.2, 0.25) is 0 Å². The van der Waals surface area contributed by atoms with E-state index in [4.69, 9.17) is 5.11 Å². The van der Waals surface area contributed by atoms with Crippen molar-refractivity contribution < 1.29 is 9.50 Å². The minimum absolute atomic E-state index is 0.0920. The van der Waals surface area contributed by atoms with Gasteiger partial charge in [0.2, 0.25) is 0 Å². The lowest BCUT2D eigenvalue weighted by Gasteiger charge is -2.10. The quantitative estimate of drug-likeness (QED) is 0.719. The summed E-state index contributed by atoms with van der Waals surface area (Å²) < 4.78 is 12.7. The van der Waals surface area contributed by atoms with Crippen LogP contribution in [0.5, 0.6) is 0 Å². The van der Waals surface area contributed by atoms with Crippen LogP contribution >= 0.6 is 0 Å². The van der Waals surface area contributed by atoms with E-state index in [1.54, 1.807) is 6.07 Å². The molecule has 0 unspecified atom stereocenters. The van der Waals surface area contributed by atoms with Crippen LogP contribution in [-0.4, -0.2) is 5.11 Å². The van der Waals surface area contributed by atoms with E-state index < -0.39 is 0 Å². The predicted octanol–water partition coefficient (Wildman–Crippen LogP) is 2.44. The second-order valence-electron chi connectivity index (χ2n) is 3.16. The van der Waals surface area contributed by atoms with E-state index in [2.05, 4.69) is 0 Å². The van der Waals surface area contributed by atoms with Gasteiger partial charge in [-0.1, -0.05) is 19.9 Å². The van der Waals surface area contributed by atoms with Gasteiger partial charge < -0.3 is 5.11 Å². The fourth-order valence-corrected chi connectivity index (χ4v) is 1.27. The molecule has 1 nitrogen and oxygen atoms in total. The Morgan fingerprint density at radius 2 is 2.08 bits per heavy atom. The number of aliphatic hydroxyl groups excluding tert-OH is 1. The monoisotopic (exact) mass is 168 g/mol. The highest BCUT2D eigenvalue weighted by Crippen LogP contribution is 2.20. The van der Waals surface area contributed by atoms with Crippen LogP contribution in [0.15, 0.2) is 18.2 Å². The fourth-order valence-electron chi connectivity index (χ4n) is 1.27. The van der Waals surface area contributed by atoms with Crippen LogP contribution in [0, 0.1) is 5.82 Å². The number of rotatable bonds is 2. The molecule has 0 atom stereocenters. The van der Waals surface area contributed by atoms with Gasteiger partial charge in [-0.2, -0.15) is 0 Å². The lowest BCUT2D eigenvalue weighted by molar-refractivity contribution is 0.279. The molecule has 1 N–H and O–H groups in total. The summed E-state index contributed by atoms with van der Waals surface area (Å²) in [5, 5.41) is 8.93. The second kappa shape index (κ2) is 3.68. The van der Waals surface area contributed by atoms with Crippen molar-refractivity contribution in [1.82, 2.24) is 0 Å². The Morgan fingerprint density at radius 3 is 2.58 bits per heavy atom. The Balaban J connectivity index is 3.11. The average molecular weight is 168 g/mol. The first-order chi connectivity index (χ1) is 5.65. The third-order valence-electron chi connectivity index (χ3n) is 1.90. The molecule has 0 saturated heterocycles. The maximum Gasteiger partial charge on any atom is 0.123 e. The van der Waals surface area contributed by atoms with E-state index in [9.17, 15) is 4.39 Å². The van der Waals surface area contributed by atoms with Gasteiger partial charge in [-0.15, -0.1) is 0 Å². The van der Waals surface area contributed by atoms with Gasteiger partial charge in [-0.25, -0.2) is 4.39 Å². The molecule has 0 amide bonds. The third kappa shape index (κ3) is 1.83. The highest BCUT2D eigenvalue weighted by molar-refractivity contribution is 5.29. The van der Waals surface area contributed by atoms with E-state index in [0.717, 1.165) is 5.56 Å². The summed E-state index contributed by atoms with van der Waals surface area (Å²) >= 11 is 0. The average Bonchev–Trinajstić information content (AvgIpc) is 2.03. The van der Waals surface area contributed by atoms with Gasteiger partial charge in [0, 0.05) is 0 Å². The molecule has 1 aromatic carbocycles. The van der Waals surface area contributed by atoms with Crippen molar-refractivity contribution in [3.8, 4) is 0 Å². The fraction of sp³-hybridized carbons (Fsp3) is 0.400. The number of halogens is 1. The Morgan fingerprint density at radius 1 is 1.42 bits per heavy atom. The van der Waals surface area contributed by atoms with Gasteiger partial charge in [0.15, 0.2) is 0 Å². The summed E-state index contributed by atoms with van der Waals surface area (Å²) in [7, 11) is 0. The summed E-state index contributed by atoms with van der Waals surface area (Å²) in [5.41, 5.74) is 1.70. The molecule has 0 saturated carbocycles. The van der Waals surface area contributed by atoms with Crippen LogP contribution in [-0.2, 0) is 6.61 Å². The molecule has 0 aliphatic heterocycles. The van der Waals surface area contributed by atoms with Crippen molar-refractivity contribution >= 4 is 0 Å². The molecule has 66 valence electrons. The van der Waals surface area contributed by atoms with Gasteiger partial charge in [-0.3, -0.25) is 0 Å². The van der Waals surface area contributed by atoms with Gasteiger partial charge in [-0.05, 0) is 29.2 Å². The first-order valence-corrected chi connectivity index (χ1v) is 4.04. The largest absolute Gasteiger partial charge is 0.392 e. The molecule has 0 aliphatic rings. The summed E-state index contributed by atoms with van der Waals surface area (Å²) in [4.78, 5) is 0. The van der Waals surface area contributed by atoms with E-state index in [1.807, 2.05) is 13.8 Å². The summed E-state index contributed by atoms with van der Waals surface area (Å²) in [6.07, 6.45) is 0. The van der Waals surface area contributed by atoms with Crippen LogP contribution in [0.1, 0.15) is 30.9 Å². The smallest absolute Gasteiger partial charge is 0.123 e. The van der Waals surface area contributed by atoms with Crippen LogP contribution in [0.3, 0.4) is 0 Å². The van der Waals surface area contributed by atoms with Gasteiger partial charge in [0.1, 0.15) is 5.82 Å². The molecule has 0 radical (unpaired) electrons. The van der Waals surface area contributed by atoms with Crippen molar-refractivity contribution in [2.45, 2.75) is 26.4 Å². The molecule has 0 aromatic heterocycles. The molecule has 0 fully saturated rings. The maximum atomic E-state index is 12.7. The second-order valence-corrected chi connectivity index (χ2v) is 3.16. The molecule has 1 aromatic rings. The molecule has 12 heavy (non-hydrogen) atoms. The Kier molecular flexibility index (Phi) is 2.82. The maximum absolute atomic E-state index is 12.7. The van der Waals surface area contributed by atoms with Gasteiger partial charge in [0.05, 0.1) is 6.61 Å². The Labute approximate surface area is 71.9 Å². The summed E-state index contributed by atoms with van der Waals surface area (Å²) in [6.45, 7) is 3.95. The minimum Gasteiger partial charge on any atom is -0.392 e. The summed E-state index contributed by atoms with van der Waals surface area (Å²) in [6, 6.07) is 4.54. The molecule has 0 spiro atoms. The lowest BCUT2D eigenvalue weighted by Crippen LogP contribution is -1.96. The number of hydrogen-bond acceptors (Lipinski definition) is 1. The summed E-state index contributed by atoms with van der Waals surface area (Å²) in [5.74, 6) is 0.0381. The Bertz CT molecular complexity index is 269. The van der Waals surface area contributed by atoms with Crippen LogP contribution in [0.25, 0.3) is 0 Å². The number of aliphatic hydroxyl groups is 1. The normalized spacial score (nSPS) is 10.8. The first kappa shape index (κ1) is 9.20. The molecule has 0 bridgehead atoms. The zero-order valence-corrected chi connectivity index (χ0v) is 7.34. The number of benzene rings is 1. The molecular formula is C10H13FO. The van der Waals surface area contributed by atoms with E-state index in [-0.39, 0.29) is 12.4 Å². The number of hydrogen-bond donors (Lipinski definition) is 1. The van der Waals surface area contributed by atoms with Gasteiger partial charge in [0.25, 0.3) is 0 Å². The predicted molar refractivity (Wildman–Crippen MR) is 46.4 cm³/mol. The zero-order chi connectivity index (χ0) is 9.14. The van der Waals surface area contributed by atoms with E-state index >= 15 is 0 Å². The molecular weight excluding hydrogens is 155 g/mol. The van der Waals surface area contributed by atoms with E-state index in [0.29, 0.717) is 11.5 Å². The van der Waals surface area contributed by atoms with Crippen molar-refractivity contribution in [3.63, 3.8) is 0 Å². The SMILES string of the molecule is CC(C)c1ccc(F)cc1CO. The molecule has 2 heteroatoms. The standard InChI is InChI=1S/C10H13FO/c1-7(2)10-4-3-9(11)5-8(10)6-12/h3-5,7,12H,6H2,1-2H3. The Hall–Kier alpha value is -0.890. The molecule has 1 rings (SSSR count). The molecule has 0 aliphatic carbocycles. The zero-order valence-electron chi connectivity index (χ0n) is 7.34. The van der Waals surface area contributed by atoms with Crippen molar-refractivity contribution in [3.05, 3.63) is 35.1 Å². The topological polar surface area (TPSA) is 20.2 Å². The third-order valence-corrected chi connectivity index (χ3v) is 1.90. The van der Waals surface area contributed by atoms with Crippen molar-refractivity contribution in [1.29, 1.82) is 0 Å². The lowest BCUT2D eigenvalue weighted by atomic mass is 9.98. The highest BCUT2D eigenvalue weighted by Gasteiger charge is 2.05. The van der Waals surface area contributed by atoms with Crippen LogP contribution < -0.4 is 0 Å². The van der Waals surface area contributed by atoms with Crippen molar-refractivity contribution in [2.75, 3.05) is 0 Å². The van der Waals surface area contributed by atoms with Crippen LogP contribution in [0.4, 0.5) is 4.39 Å². The highest BCUT2D eigenvalue weighted by atomic mass is 19.1.